The molecular weight excluding hydrogens is 238 g/mol. The lowest BCUT2D eigenvalue weighted by Crippen LogP contribution is -2.46. The Morgan fingerprint density at radius 1 is 1.17 bits per heavy atom. The van der Waals surface area contributed by atoms with Crippen molar-refractivity contribution in [2.45, 2.75) is 6.92 Å². The average Bonchev–Trinajstić information content (AvgIpc) is 2.38. The van der Waals surface area contributed by atoms with E-state index in [4.69, 9.17) is 0 Å². The smallest absolute Gasteiger partial charge is 0.150 e. The highest BCUT2D eigenvalue weighted by molar-refractivity contribution is 5.76. The van der Waals surface area contributed by atoms with Crippen molar-refractivity contribution in [1.82, 2.24) is 4.90 Å². The molecule has 1 aromatic carbocycles. The number of hydrogen-bond donors (Lipinski definition) is 0. The third-order valence-corrected chi connectivity index (χ3v) is 3.31. The second-order valence-corrected chi connectivity index (χ2v) is 4.37. The number of anilines is 1. The SMILES string of the molecule is CCN1CCN(c2c(F)cc(C=O)cc2F)CC1. The molecule has 1 aliphatic heterocycles. The molecule has 1 saturated heterocycles. The minimum absolute atomic E-state index is 0.0173. The first-order valence-corrected chi connectivity index (χ1v) is 6.07. The van der Waals surface area contributed by atoms with E-state index in [2.05, 4.69) is 11.8 Å². The van der Waals surface area contributed by atoms with Crippen LogP contribution in [0.4, 0.5) is 14.5 Å². The first-order valence-electron chi connectivity index (χ1n) is 6.07. The molecule has 0 radical (unpaired) electrons. The number of aldehydes is 1. The molecule has 0 atom stereocenters. The highest BCUT2D eigenvalue weighted by Gasteiger charge is 2.22. The van der Waals surface area contributed by atoms with Crippen LogP contribution in [-0.2, 0) is 0 Å². The van der Waals surface area contributed by atoms with E-state index < -0.39 is 11.6 Å². The van der Waals surface area contributed by atoms with Crippen molar-refractivity contribution in [1.29, 1.82) is 0 Å². The quantitative estimate of drug-likeness (QED) is 0.770. The van der Waals surface area contributed by atoms with Crippen LogP contribution in [0, 0.1) is 11.6 Å². The molecule has 0 amide bonds. The van der Waals surface area contributed by atoms with Crippen molar-refractivity contribution in [3.63, 3.8) is 0 Å². The number of nitrogens with zero attached hydrogens (tertiary/aromatic N) is 2. The molecule has 3 nitrogen and oxygen atoms in total. The van der Waals surface area contributed by atoms with Gasteiger partial charge in [0.2, 0.25) is 0 Å². The van der Waals surface area contributed by atoms with Crippen LogP contribution in [0.5, 0.6) is 0 Å². The van der Waals surface area contributed by atoms with Crippen molar-refractivity contribution in [2.75, 3.05) is 37.6 Å². The van der Waals surface area contributed by atoms with Gasteiger partial charge in [-0.2, -0.15) is 0 Å². The van der Waals surface area contributed by atoms with Gasteiger partial charge in [-0.05, 0) is 18.7 Å². The third-order valence-electron chi connectivity index (χ3n) is 3.31. The molecule has 18 heavy (non-hydrogen) atoms. The second kappa shape index (κ2) is 5.44. The highest BCUT2D eigenvalue weighted by Crippen LogP contribution is 2.25. The van der Waals surface area contributed by atoms with Crippen LogP contribution in [0.1, 0.15) is 17.3 Å². The Hall–Kier alpha value is -1.49. The summed E-state index contributed by atoms with van der Waals surface area (Å²) in [6.07, 6.45) is 0.449. The van der Waals surface area contributed by atoms with Gasteiger partial charge in [-0.1, -0.05) is 6.92 Å². The molecule has 1 aliphatic rings. The van der Waals surface area contributed by atoms with E-state index in [0.29, 0.717) is 19.4 Å². The number of rotatable bonds is 3. The molecule has 0 spiro atoms. The molecule has 0 aliphatic carbocycles. The molecular formula is C13H16F2N2O. The van der Waals surface area contributed by atoms with E-state index in [1.807, 2.05) is 0 Å². The first kappa shape index (κ1) is 13.0. The van der Waals surface area contributed by atoms with Gasteiger partial charge in [-0.3, -0.25) is 4.79 Å². The van der Waals surface area contributed by atoms with Gasteiger partial charge in [0.25, 0.3) is 0 Å². The first-order chi connectivity index (χ1) is 8.65. The second-order valence-electron chi connectivity index (χ2n) is 4.37. The summed E-state index contributed by atoms with van der Waals surface area (Å²) in [5.41, 5.74) is 0.0114. The molecule has 1 aromatic rings. The number of carbonyl (C=O) groups excluding carboxylic acids is 1. The van der Waals surface area contributed by atoms with Crippen molar-refractivity contribution in [3.05, 3.63) is 29.3 Å². The summed E-state index contributed by atoms with van der Waals surface area (Å²) in [6.45, 7) is 5.80. The van der Waals surface area contributed by atoms with Gasteiger partial charge in [0, 0.05) is 31.7 Å². The molecule has 98 valence electrons. The van der Waals surface area contributed by atoms with Gasteiger partial charge in [-0.15, -0.1) is 0 Å². The topological polar surface area (TPSA) is 23.6 Å². The number of likely N-dealkylation sites (N-methyl/N-ethyl adjacent to an activating group) is 1. The van der Waals surface area contributed by atoms with Gasteiger partial charge in [-0.25, -0.2) is 8.78 Å². The Kier molecular flexibility index (Phi) is 3.91. The fourth-order valence-corrected chi connectivity index (χ4v) is 2.24. The van der Waals surface area contributed by atoms with Crippen molar-refractivity contribution < 1.29 is 13.6 Å². The van der Waals surface area contributed by atoms with Crippen LogP contribution in [0.25, 0.3) is 0 Å². The predicted octanol–water partition coefficient (Wildman–Crippen LogP) is 1.92. The van der Waals surface area contributed by atoms with Crippen LogP contribution in [0.15, 0.2) is 12.1 Å². The van der Waals surface area contributed by atoms with Crippen molar-refractivity contribution in [3.8, 4) is 0 Å². The fraction of sp³-hybridized carbons (Fsp3) is 0.462. The lowest BCUT2D eigenvalue weighted by Gasteiger charge is -2.35. The molecule has 0 bridgehead atoms. The molecule has 2 rings (SSSR count). The van der Waals surface area contributed by atoms with Crippen LogP contribution < -0.4 is 4.90 Å². The molecule has 0 aromatic heterocycles. The predicted molar refractivity (Wildman–Crippen MR) is 66.1 cm³/mol. The summed E-state index contributed by atoms with van der Waals surface area (Å²) in [5, 5.41) is 0. The zero-order chi connectivity index (χ0) is 13.1. The molecule has 0 unspecified atom stereocenters. The fourth-order valence-electron chi connectivity index (χ4n) is 2.24. The molecule has 1 heterocycles. The van der Waals surface area contributed by atoms with Crippen LogP contribution in [-0.4, -0.2) is 43.9 Å². The number of piperazine rings is 1. The summed E-state index contributed by atoms with van der Waals surface area (Å²) in [7, 11) is 0. The molecule has 0 saturated carbocycles. The minimum Gasteiger partial charge on any atom is -0.364 e. The van der Waals surface area contributed by atoms with Gasteiger partial charge in [0.1, 0.15) is 23.6 Å². The molecule has 5 heteroatoms. The van der Waals surface area contributed by atoms with E-state index in [1.165, 1.54) is 0 Å². The zero-order valence-corrected chi connectivity index (χ0v) is 10.3. The normalized spacial score (nSPS) is 16.9. The standard InChI is InChI=1S/C13H16F2N2O/c1-2-16-3-5-17(6-4-16)13-11(14)7-10(9-18)8-12(13)15/h7-9H,2-6H2,1H3. The van der Waals surface area contributed by atoms with Gasteiger partial charge in [0.05, 0.1) is 0 Å². The number of benzene rings is 1. The Bertz CT molecular complexity index is 420. The third kappa shape index (κ3) is 2.51. The number of hydrogen-bond acceptors (Lipinski definition) is 3. The van der Waals surface area contributed by atoms with Crippen molar-refractivity contribution in [2.24, 2.45) is 0 Å². The van der Waals surface area contributed by atoms with Crippen molar-refractivity contribution >= 4 is 12.0 Å². The summed E-state index contributed by atoms with van der Waals surface area (Å²) in [4.78, 5) is 14.5. The molecule has 1 fully saturated rings. The Balaban J connectivity index is 2.21. The number of halogens is 2. The molecule has 0 N–H and O–H groups in total. The Morgan fingerprint density at radius 3 is 2.17 bits per heavy atom. The summed E-state index contributed by atoms with van der Waals surface area (Å²) >= 11 is 0. The van der Waals surface area contributed by atoms with E-state index in [0.717, 1.165) is 31.8 Å². The van der Waals surface area contributed by atoms with Gasteiger partial charge < -0.3 is 9.80 Å². The zero-order valence-electron chi connectivity index (χ0n) is 10.3. The van der Waals surface area contributed by atoms with Gasteiger partial charge in [0.15, 0.2) is 0 Å². The lowest BCUT2D eigenvalue weighted by atomic mass is 10.1. The Morgan fingerprint density at radius 2 is 1.72 bits per heavy atom. The maximum absolute atomic E-state index is 13.8. The van der Waals surface area contributed by atoms with Crippen LogP contribution >= 0.6 is 0 Å². The van der Waals surface area contributed by atoms with E-state index in [1.54, 1.807) is 4.90 Å². The largest absolute Gasteiger partial charge is 0.364 e. The van der Waals surface area contributed by atoms with E-state index in [9.17, 15) is 13.6 Å². The lowest BCUT2D eigenvalue weighted by molar-refractivity contribution is 0.112. The Labute approximate surface area is 105 Å². The summed E-state index contributed by atoms with van der Waals surface area (Å²) in [5.74, 6) is -1.33. The summed E-state index contributed by atoms with van der Waals surface area (Å²) < 4.78 is 27.6. The summed E-state index contributed by atoms with van der Waals surface area (Å²) in [6, 6.07) is 2.16. The van der Waals surface area contributed by atoms with E-state index >= 15 is 0 Å². The average molecular weight is 254 g/mol. The van der Waals surface area contributed by atoms with Crippen LogP contribution in [0.2, 0.25) is 0 Å². The minimum atomic E-state index is -0.665. The number of carbonyl (C=O) groups is 1. The maximum atomic E-state index is 13.8. The van der Waals surface area contributed by atoms with E-state index in [-0.39, 0.29) is 11.3 Å². The van der Waals surface area contributed by atoms with Gasteiger partial charge >= 0.3 is 0 Å². The highest BCUT2D eigenvalue weighted by atomic mass is 19.1. The monoisotopic (exact) mass is 254 g/mol. The maximum Gasteiger partial charge on any atom is 0.150 e. The van der Waals surface area contributed by atoms with Crippen LogP contribution in [0.3, 0.4) is 0 Å².